The van der Waals surface area contributed by atoms with Gasteiger partial charge in [0.15, 0.2) is 0 Å². The van der Waals surface area contributed by atoms with Crippen LogP contribution in [0.1, 0.15) is 26.5 Å². The van der Waals surface area contributed by atoms with Gasteiger partial charge in [-0.2, -0.15) is 13.2 Å². The van der Waals surface area contributed by atoms with Gasteiger partial charge in [0.1, 0.15) is 11.7 Å². The fraction of sp³-hybridized carbons (Fsp3) is 0.533. The Morgan fingerprint density at radius 1 is 1.33 bits per heavy atom. The number of anilines is 1. The SMILES string of the molecule is CC(C)[C@H]1CN(c2ccc(C(F)(F)F)nc2)C(=O)N1C(C)C(=O)O. The van der Waals surface area contributed by atoms with E-state index in [1.807, 2.05) is 13.8 Å². The van der Waals surface area contributed by atoms with Gasteiger partial charge in [0, 0.05) is 6.54 Å². The highest BCUT2D eigenvalue weighted by molar-refractivity contribution is 5.96. The lowest BCUT2D eigenvalue weighted by atomic mass is 10.0. The molecule has 2 heterocycles. The Labute approximate surface area is 136 Å². The van der Waals surface area contributed by atoms with Crippen LogP contribution in [0.3, 0.4) is 0 Å². The van der Waals surface area contributed by atoms with Gasteiger partial charge >= 0.3 is 18.2 Å². The summed E-state index contributed by atoms with van der Waals surface area (Å²) in [6, 6.07) is 0.0319. The topological polar surface area (TPSA) is 73.7 Å². The molecule has 9 heteroatoms. The molecule has 6 nitrogen and oxygen atoms in total. The lowest BCUT2D eigenvalue weighted by molar-refractivity contribution is -0.142. The molecule has 24 heavy (non-hydrogen) atoms. The van der Waals surface area contributed by atoms with Gasteiger partial charge in [0.05, 0.1) is 17.9 Å². The molecule has 0 bridgehead atoms. The number of carboxylic acid groups (broad SMARTS) is 1. The van der Waals surface area contributed by atoms with Crippen LogP contribution in [0.25, 0.3) is 0 Å². The van der Waals surface area contributed by atoms with Crippen LogP contribution in [0.4, 0.5) is 23.7 Å². The zero-order valence-electron chi connectivity index (χ0n) is 13.4. The molecule has 0 radical (unpaired) electrons. The number of nitrogens with zero attached hydrogens (tertiary/aromatic N) is 3. The number of carbonyl (C=O) groups is 2. The second-order valence-corrected chi connectivity index (χ2v) is 6.03. The molecule has 0 aliphatic carbocycles. The summed E-state index contributed by atoms with van der Waals surface area (Å²) < 4.78 is 37.7. The number of urea groups is 1. The molecule has 1 fully saturated rings. The first-order valence-corrected chi connectivity index (χ1v) is 7.40. The fourth-order valence-corrected chi connectivity index (χ4v) is 2.67. The average molecular weight is 345 g/mol. The number of hydrogen-bond donors (Lipinski definition) is 1. The number of carboxylic acids is 1. The second-order valence-electron chi connectivity index (χ2n) is 6.03. The van der Waals surface area contributed by atoms with Crippen molar-refractivity contribution in [2.24, 2.45) is 5.92 Å². The molecular weight excluding hydrogens is 327 g/mol. The Hall–Kier alpha value is -2.32. The monoisotopic (exact) mass is 345 g/mol. The first kappa shape index (κ1) is 18.0. The van der Waals surface area contributed by atoms with Crippen LogP contribution in [-0.2, 0) is 11.0 Å². The summed E-state index contributed by atoms with van der Waals surface area (Å²) >= 11 is 0. The van der Waals surface area contributed by atoms with Gasteiger partial charge in [-0.05, 0) is 25.0 Å². The third-order valence-corrected chi connectivity index (χ3v) is 4.07. The third-order valence-electron chi connectivity index (χ3n) is 4.07. The van der Waals surface area contributed by atoms with E-state index >= 15 is 0 Å². The van der Waals surface area contributed by atoms with Crippen molar-refractivity contribution in [3.8, 4) is 0 Å². The highest BCUT2D eigenvalue weighted by atomic mass is 19.4. The van der Waals surface area contributed by atoms with E-state index in [-0.39, 0.29) is 24.2 Å². The molecule has 1 aromatic heterocycles. The maximum absolute atomic E-state index is 12.6. The van der Waals surface area contributed by atoms with E-state index in [0.29, 0.717) is 0 Å². The molecule has 0 spiro atoms. The van der Waals surface area contributed by atoms with E-state index in [1.165, 1.54) is 22.8 Å². The molecular formula is C15H18F3N3O3. The van der Waals surface area contributed by atoms with Crippen molar-refractivity contribution >= 4 is 17.7 Å². The normalized spacial score (nSPS) is 20.0. The van der Waals surface area contributed by atoms with Gasteiger partial charge in [0.25, 0.3) is 0 Å². The molecule has 2 amide bonds. The van der Waals surface area contributed by atoms with Crippen molar-refractivity contribution in [2.45, 2.75) is 39.0 Å². The van der Waals surface area contributed by atoms with Crippen LogP contribution in [-0.4, -0.2) is 45.6 Å². The Balaban J connectivity index is 2.31. The lowest BCUT2D eigenvalue weighted by Crippen LogP contribution is -2.47. The standard InChI is InChI=1S/C15H18F3N3O3/c1-8(2)11-7-20(14(24)21(11)9(3)13(22)23)10-4-5-12(19-6-10)15(16,17)18/h4-6,8-9,11H,7H2,1-3H3,(H,22,23)/t9?,11-/m1/s1. The summed E-state index contributed by atoms with van der Waals surface area (Å²) in [4.78, 5) is 29.7. The summed E-state index contributed by atoms with van der Waals surface area (Å²) in [6.07, 6.45) is -3.58. The summed E-state index contributed by atoms with van der Waals surface area (Å²) in [5.74, 6) is -1.15. The summed E-state index contributed by atoms with van der Waals surface area (Å²) in [5, 5.41) is 9.19. The zero-order valence-corrected chi connectivity index (χ0v) is 13.4. The van der Waals surface area contributed by atoms with Crippen LogP contribution in [0, 0.1) is 5.92 Å². The summed E-state index contributed by atoms with van der Waals surface area (Å²) in [7, 11) is 0. The second kappa shape index (κ2) is 6.29. The predicted octanol–water partition coefficient (Wildman–Crippen LogP) is 2.84. The third kappa shape index (κ3) is 3.29. The van der Waals surface area contributed by atoms with E-state index < -0.39 is 29.9 Å². The number of alkyl halides is 3. The van der Waals surface area contributed by atoms with E-state index in [0.717, 1.165) is 12.3 Å². The summed E-state index contributed by atoms with van der Waals surface area (Å²) in [5.41, 5.74) is -0.840. The minimum Gasteiger partial charge on any atom is -0.480 e. The molecule has 132 valence electrons. The van der Waals surface area contributed by atoms with Gasteiger partial charge in [-0.15, -0.1) is 0 Å². The van der Waals surface area contributed by atoms with Crippen molar-refractivity contribution in [3.05, 3.63) is 24.0 Å². The summed E-state index contributed by atoms with van der Waals surface area (Å²) in [6.45, 7) is 5.31. The number of carbonyl (C=O) groups excluding carboxylic acids is 1. The minimum absolute atomic E-state index is 0.0110. The van der Waals surface area contributed by atoms with Crippen molar-refractivity contribution in [2.75, 3.05) is 11.4 Å². The minimum atomic E-state index is -4.56. The zero-order chi connectivity index (χ0) is 18.2. The van der Waals surface area contributed by atoms with Crippen LogP contribution in [0.2, 0.25) is 0 Å². The average Bonchev–Trinajstić information content (AvgIpc) is 2.83. The molecule has 1 unspecified atom stereocenters. The van der Waals surface area contributed by atoms with Gasteiger partial charge in [-0.3, -0.25) is 4.90 Å². The fourth-order valence-electron chi connectivity index (χ4n) is 2.67. The van der Waals surface area contributed by atoms with E-state index in [1.54, 1.807) is 0 Å². The Morgan fingerprint density at radius 3 is 2.38 bits per heavy atom. The van der Waals surface area contributed by atoms with E-state index in [4.69, 9.17) is 0 Å². The number of aromatic nitrogens is 1. The number of halogens is 3. The van der Waals surface area contributed by atoms with Gasteiger partial charge in [-0.1, -0.05) is 13.8 Å². The number of aliphatic carboxylic acids is 1. The Bertz CT molecular complexity index is 631. The van der Waals surface area contributed by atoms with Crippen molar-refractivity contribution in [3.63, 3.8) is 0 Å². The maximum atomic E-state index is 12.6. The predicted molar refractivity (Wildman–Crippen MR) is 79.5 cm³/mol. The Kier molecular flexibility index (Phi) is 4.73. The van der Waals surface area contributed by atoms with E-state index in [9.17, 15) is 27.9 Å². The largest absolute Gasteiger partial charge is 0.480 e. The van der Waals surface area contributed by atoms with E-state index in [2.05, 4.69) is 4.98 Å². The van der Waals surface area contributed by atoms with Crippen molar-refractivity contribution in [1.82, 2.24) is 9.88 Å². The number of amides is 2. The Morgan fingerprint density at radius 2 is 1.96 bits per heavy atom. The first-order valence-electron chi connectivity index (χ1n) is 7.40. The van der Waals surface area contributed by atoms with Crippen LogP contribution in [0.15, 0.2) is 18.3 Å². The number of rotatable bonds is 4. The maximum Gasteiger partial charge on any atom is 0.433 e. The van der Waals surface area contributed by atoms with Crippen LogP contribution >= 0.6 is 0 Å². The molecule has 2 atom stereocenters. The van der Waals surface area contributed by atoms with Crippen LogP contribution in [0.5, 0.6) is 0 Å². The van der Waals surface area contributed by atoms with Crippen molar-refractivity contribution < 1.29 is 27.9 Å². The molecule has 1 aliphatic rings. The molecule has 0 aromatic carbocycles. The van der Waals surface area contributed by atoms with Crippen LogP contribution < -0.4 is 4.90 Å². The molecule has 0 saturated carbocycles. The van der Waals surface area contributed by atoms with Gasteiger partial charge in [-0.25, -0.2) is 14.6 Å². The van der Waals surface area contributed by atoms with Gasteiger partial charge < -0.3 is 10.0 Å². The number of pyridine rings is 1. The smallest absolute Gasteiger partial charge is 0.433 e. The van der Waals surface area contributed by atoms with Gasteiger partial charge in [0.2, 0.25) is 0 Å². The highest BCUT2D eigenvalue weighted by Crippen LogP contribution is 2.31. The molecule has 1 aromatic rings. The first-order chi connectivity index (χ1) is 11.0. The molecule has 1 aliphatic heterocycles. The molecule has 2 rings (SSSR count). The molecule has 1 N–H and O–H groups in total. The number of hydrogen-bond acceptors (Lipinski definition) is 3. The highest BCUT2D eigenvalue weighted by Gasteiger charge is 2.44. The lowest BCUT2D eigenvalue weighted by Gasteiger charge is -2.29. The molecule has 1 saturated heterocycles. The quantitative estimate of drug-likeness (QED) is 0.911. The van der Waals surface area contributed by atoms with Crippen molar-refractivity contribution in [1.29, 1.82) is 0 Å².